The molecular weight excluding hydrogens is 550 g/mol. The lowest BCUT2D eigenvalue weighted by molar-refractivity contribution is -0.130. The second-order valence-corrected chi connectivity index (χ2v) is 61.3. The zero-order valence-corrected chi connectivity index (χ0v) is 33.4. The monoisotopic (exact) mass is 616 g/mol. The first-order valence-corrected chi connectivity index (χ1v) is 37.0. The predicted octanol–water partition coefficient (Wildman–Crippen LogP) is 12.2. The summed E-state index contributed by atoms with van der Waals surface area (Å²) in [5.41, 5.74) is 0. The Kier molecular flexibility index (Phi) is 16.6. The van der Waals surface area contributed by atoms with E-state index in [4.69, 9.17) is 0 Å². The van der Waals surface area contributed by atoms with Crippen molar-refractivity contribution in [2.24, 2.45) is 0 Å². The van der Waals surface area contributed by atoms with Gasteiger partial charge >= 0.3 is 6.18 Å². The highest BCUT2D eigenvalue weighted by molar-refractivity contribution is 7.41. The summed E-state index contributed by atoms with van der Waals surface area (Å²) in [6.45, 7) is 36.7. The van der Waals surface area contributed by atoms with Gasteiger partial charge in [0.15, 0.2) is 0 Å². The molecule has 0 radical (unpaired) electrons. The number of hydrogen-bond donors (Lipinski definition) is 0. The van der Waals surface area contributed by atoms with Gasteiger partial charge in [-0.2, -0.15) is 13.2 Å². The lowest BCUT2D eigenvalue weighted by Gasteiger charge is -2.40. The molecule has 0 aromatic heterocycles. The van der Waals surface area contributed by atoms with E-state index < -0.39 is 59.1 Å². The largest absolute Gasteiger partial charge is 0.388 e. The van der Waals surface area contributed by atoms with Crippen LogP contribution < -0.4 is 0 Å². The smallest absolute Gasteiger partial charge is 0.171 e. The lowest BCUT2D eigenvalue weighted by atomic mass is 10.2. The average molecular weight is 617 g/mol. The molecule has 36 heavy (non-hydrogen) atoms. The van der Waals surface area contributed by atoms with Crippen molar-refractivity contribution in [2.45, 2.75) is 173 Å². The average Bonchev–Trinajstić information content (AvgIpc) is 2.64. The molecule has 220 valence electrons. The molecule has 0 spiro atoms. The fraction of sp³-hybridized carbons (Fsp3) is 1.00. The highest BCUT2D eigenvalue weighted by atomic mass is 29.3. The first kappa shape index (κ1) is 39.2. The Morgan fingerprint density at radius 1 is 0.472 bits per heavy atom. The lowest BCUT2D eigenvalue weighted by Crippen LogP contribution is -2.55. The molecule has 0 bridgehead atoms. The van der Waals surface area contributed by atoms with E-state index >= 15 is 0 Å². The van der Waals surface area contributed by atoms with Crippen LogP contribution in [-0.4, -0.2) is 52.7 Å². The predicted molar refractivity (Wildman–Crippen MR) is 180 cm³/mol. The molecule has 0 amide bonds. The van der Waals surface area contributed by atoms with Crippen LogP contribution in [0.2, 0.25) is 128 Å². The first-order chi connectivity index (χ1) is 15.7. The van der Waals surface area contributed by atoms with Crippen molar-refractivity contribution in [2.75, 3.05) is 0 Å². The third kappa shape index (κ3) is 18.4. The van der Waals surface area contributed by atoms with Gasteiger partial charge in [0.2, 0.25) is 0 Å². The molecule has 0 aliphatic rings. The summed E-state index contributed by atoms with van der Waals surface area (Å²) in [5, 5.41) is 0. The van der Waals surface area contributed by atoms with Crippen molar-refractivity contribution < 1.29 is 13.2 Å². The van der Waals surface area contributed by atoms with Crippen LogP contribution in [0.25, 0.3) is 0 Å². The summed E-state index contributed by atoms with van der Waals surface area (Å²) in [7, 11) is -6.99. The molecule has 0 heterocycles. The van der Waals surface area contributed by atoms with Crippen LogP contribution in [0.5, 0.6) is 0 Å². The SMILES string of the molecule is CCCCCC[Si](C)(C)[Si](C)(C)CC[Si](C)(C)C.C[Si](C)(C)CC[Si](C)(CCC(F)(F)F)[Si](C)(C)C. The summed E-state index contributed by atoms with van der Waals surface area (Å²) >= 11 is 0. The number of rotatable bonds is 15. The van der Waals surface area contributed by atoms with Gasteiger partial charge < -0.3 is 0 Å². The molecule has 0 aromatic rings. The van der Waals surface area contributed by atoms with Crippen LogP contribution in [0, 0.1) is 0 Å². The Morgan fingerprint density at radius 3 is 1.25 bits per heavy atom. The maximum atomic E-state index is 12.5. The molecule has 1 unspecified atom stereocenters. The van der Waals surface area contributed by atoms with Crippen LogP contribution >= 0.6 is 0 Å². The molecule has 0 aliphatic heterocycles. The molecule has 1 atom stereocenters. The number of unbranched alkanes of at least 4 members (excludes halogenated alkanes) is 3. The maximum Gasteiger partial charge on any atom is 0.388 e. The normalized spacial score (nSPS) is 15.8. The molecule has 0 aliphatic carbocycles. The third-order valence-electron chi connectivity index (χ3n) is 9.19. The quantitative estimate of drug-likeness (QED) is 0.127. The molecule has 0 aromatic carbocycles. The van der Waals surface area contributed by atoms with E-state index in [0.717, 1.165) is 6.04 Å². The van der Waals surface area contributed by atoms with Gasteiger partial charge in [0.25, 0.3) is 0 Å². The molecule has 0 nitrogen and oxygen atoms in total. The molecule has 0 N–H and O–H groups in total. The number of alkyl halides is 3. The second kappa shape index (κ2) is 15.2. The fourth-order valence-corrected chi connectivity index (χ4v) is 31.8. The topological polar surface area (TPSA) is 0 Å². The van der Waals surface area contributed by atoms with Gasteiger partial charge in [-0.05, 0) is 0 Å². The Hall–Kier alpha value is 1.09. The van der Waals surface area contributed by atoms with Gasteiger partial charge in [-0.15, -0.1) is 0 Å². The van der Waals surface area contributed by atoms with Crippen LogP contribution in [-0.2, 0) is 0 Å². The van der Waals surface area contributed by atoms with E-state index in [1.54, 1.807) is 18.1 Å². The molecule has 0 fully saturated rings. The first-order valence-electron chi connectivity index (χ1n) is 14.7. The highest BCUT2D eigenvalue weighted by Gasteiger charge is 2.44. The van der Waals surface area contributed by atoms with Gasteiger partial charge in [0, 0.05) is 52.9 Å². The summed E-state index contributed by atoms with van der Waals surface area (Å²) < 4.78 is 37.5. The van der Waals surface area contributed by atoms with E-state index in [1.807, 2.05) is 0 Å². The standard InChI is InChI=1S/C15H38Si3.C12H29F3Si3/c1-9-10-11-12-13-17(5,6)18(7,8)15-14-16(2,3)4;1-16(2,3)10-11-18(7,17(4,5)6)9-8-12(13,14)15/h9-15H2,1-8H3;8-11H2,1-7H3. The van der Waals surface area contributed by atoms with Crippen molar-refractivity contribution in [1.29, 1.82) is 0 Å². The second-order valence-electron chi connectivity index (χ2n) is 16.6. The number of halogens is 3. The van der Waals surface area contributed by atoms with Gasteiger partial charge in [-0.25, -0.2) is 0 Å². The minimum Gasteiger partial charge on any atom is -0.171 e. The van der Waals surface area contributed by atoms with Crippen molar-refractivity contribution in [3.05, 3.63) is 0 Å². The molecule has 0 rings (SSSR count). The Morgan fingerprint density at radius 2 is 0.889 bits per heavy atom. The van der Waals surface area contributed by atoms with Crippen LogP contribution in [0.1, 0.15) is 39.0 Å². The van der Waals surface area contributed by atoms with Crippen LogP contribution in [0.4, 0.5) is 13.2 Å². The maximum absolute atomic E-state index is 12.5. The van der Waals surface area contributed by atoms with E-state index in [1.165, 1.54) is 31.7 Å². The van der Waals surface area contributed by atoms with Gasteiger partial charge in [-0.1, -0.05) is 161 Å². The van der Waals surface area contributed by atoms with Gasteiger partial charge in [0.05, 0.1) is 0 Å². The van der Waals surface area contributed by atoms with Crippen molar-refractivity contribution in [3.63, 3.8) is 0 Å². The third-order valence-corrected chi connectivity index (χ3v) is 51.6. The molecule has 9 heteroatoms. The summed E-state index contributed by atoms with van der Waals surface area (Å²) in [6, 6.07) is 7.51. The fourth-order valence-electron chi connectivity index (χ4n) is 4.30. The number of hydrogen-bond acceptors (Lipinski definition) is 0. The minimum absolute atomic E-state index is 0.441. The molecular formula is C27H67F3Si6. The highest BCUT2D eigenvalue weighted by Crippen LogP contribution is 2.36. The Labute approximate surface area is 232 Å². The summed E-state index contributed by atoms with van der Waals surface area (Å²) in [4.78, 5) is 0. The molecule has 0 saturated carbocycles. The molecule has 0 saturated heterocycles. The summed E-state index contributed by atoms with van der Waals surface area (Å²) in [6.07, 6.45) is 1.26. The van der Waals surface area contributed by atoms with E-state index in [-0.39, 0.29) is 0 Å². The van der Waals surface area contributed by atoms with Crippen LogP contribution in [0.3, 0.4) is 0 Å². The van der Waals surface area contributed by atoms with Crippen molar-refractivity contribution >= 4 is 46.5 Å². The van der Waals surface area contributed by atoms with E-state index in [0.29, 0.717) is 6.04 Å². The van der Waals surface area contributed by atoms with E-state index in [2.05, 4.69) is 98.6 Å². The van der Waals surface area contributed by atoms with Gasteiger partial charge in [-0.3, -0.25) is 0 Å². The van der Waals surface area contributed by atoms with Crippen LogP contribution in [0.15, 0.2) is 0 Å². The Balaban J connectivity index is 0. The zero-order valence-electron chi connectivity index (χ0n) is 27.4. The Bertz CT molecular complexity index is 579. The summed E-state index contributed by atoms with van der Waals surface area (Å²) in [5.74, 6) is 0. The zero-order chi connectivity index (χ0) is 29.3. The van der Waals surface area contributed by atoms with E-state index in [9.17, 15) is 13.2 Å². The van der Waals surface area contributed by atoms with Crippen molar-refractivity contribution in [1.82, 2.24) is 0 Å². The van der Waals surface area contributed by atoms with Gasteiger partial charge in [0.1, 0.15) is 0 Å². The van der Waals surface area contributed by atoms with Crippen molar-refractivity contribution in [3.8, 4) is 0 Å². The minimum atomic E-state index is -3.98.